The van der Waals surface area contributed by atoms with Crippen molar-refractivity contribution in [1.82, 2.24) is 4.90 Å². The fourth-order valence-corrected chi connectivity index (χ4v) is 4.01. The van der Waals surface area contributed by atoms with E-state index in [0.717, 1.165) is 64.2 Å². The van der Waals surface area contributed by atoms with Crippen LogP contribution in [-0.2, 0) is 11.3 Å². The Morgan fingerprint density at radius 1 is 0.933 bits per heavy atom. The molecule has 0 saturated carbocycles. The van der Waals surface area contributed by atoms with Gasteiger partial charge in [-0.25, -0.2) is 4.79 Å². The molecule has 170 valence electrons. The van der Waals surface area contributed by atoms with E-state index in [2.05, 4.69) is 27.7 Å². The van der Waals surface area contributed by atoms with E-state index >= 15 is 0 Å². The zero-order valence-corrected chi connectivity index (χ0v) is 19.3. The molecule has 6 nitrogen and oxygen atoms in total. The highest BCUT2D eigenvalue weighted by atomic mass is 16.6. The van der Waals surface area contributed by atoms with E-state index in [1.165, 1.54) is 6.07 Å². The quantitative estimate of drug-likeness (QED) is 0.221. The maximum atomic E-state index is 13.3. The zero-order valence-electron chi connectivity index (χ0n) is 19.3. The summed E-state index contributed by atoms with van der Waals surface area (Å²) < 4.78 is 5.68. The molecule has 0 aromatic heterocycles. The molecule has 0 bridgehead atoms. The number of ether oxygens (including phenoxy) is 1. The van der Waals surface area contributed by atoms with E-state index in [4.69, 9.17) is 4.74 Å². The summed E-state index contributed by atoms with van der Waals surface area (Å²) in [6.45, 7) is 8.56. The first-order chi connectivity index (χ1) is 14.5. The number of unbranched alkanes of at least 4 members (excludes halogenated alkanes) is 2. The molecule has 0 saturated heterocycles. The van der Waals surface area contributed by atoms with E-state index in [0.29, 0.717) is 5.56 Å². The van der Waals surface area contributed by atoms with Gasteiger partial charge < -0.3 is 9.64 Å². The Morgan fingerprint density at radius 2 is 1.47 bits per heavy atom. The summed E-state index contributed by atoms with van der Waals surface area (Å²) in [6.07, 6.45) is 9.85. The second-order valence-corrected chi connectivity index (χ2v) is 8.02. The molecule has 6 heteroatoms. The van der Waals surface area contributed by atoms with Crippen LogP contribution in [0.3, 0.4) is 0 Å². The number of nitro groups is 1. The molecule has 0 aliphatic heterocycles. The number of hydrogen-bond acceptors (Lipinski definition) is 4. The molecule has 0 spiro atoms. The highest BCUT2D eigenvalue weighted by Gasteiger charge is 2.31. The van der Waals surface area contributed by atoms with Crippen molar-refractivity contribution in [2.75, 3.05) is 0 Å². The van der Waals surface area contributed by atoms with Crippen LogP contribution < -0.4 is 0 Å². The molecular formula is C24H40N2O4. The molecule has 30 heavy (non-hydrogen) atoms. The molecule has 0 aliphatic carbocycles. The molecule has 0 aliphatic rings. The van der Waals surface area contributed by atoms with Crippen molar-refractivity contribution < 1.29 is 14.5 Å². The average Bonchev–Trinajstić information content (AvgIpc) is 2.74. The third-order valence-electron chi connectivity index (χ3n) is 5.56. The number of carbonyl (C=O) groups is 1. The second kappa shape index (κ2) is 14.8. The minimum absolute atomic E-state index is 0.0102. The van der Waals surface area contributed by atoms with Gasteiger partial charge in [0.05, 0.1) is 10.5 Å². The topological polar surface area (TPSA) is 72.7 Å². The van der Waals surface area contributed by atoms with Gasteiger partial charge in [-0.15, -0.1) is 0 Å². The van der Waals surface area contributed by atoms with Crippen LogP contribution in [0, 0.1) is 10.1 Å². The van der Waals surface area contributed by atoms with Gasteiger partial charge in [0.1, 0.15) is 6.61 Å². The van der Waals surface area contributed by atoms with Gasteiger partial charge in [0, 0.05) is 18.2 Å². The SMILES string of the molecule is CCCCC(CCC)N(C(=O)OCc1ccccc1[N+](=O)[O-])C(CCC)CCCC. The third kappa shape index (κ3) is 8.33. The van der Waals surface area contributed by atoms with Crippen LogP contribution in [0.1, 0.15) is 97.5 Å². The lowest BCUT2D eigenvalue weighted by Crippen LogP contribution is -2.47. The van der Waals surface area contributed by atoms with Gasteiger partial charge in [0.2, 0.25) is 0 Å². The number of para-hydroxylation sites is 1. The highest BCUT2D eigenvalue weighted by molar-refractivity contribution is 5.68. The van der Waals surface area contributed by atoms with Crippen molar-refractivity contribution in [3.63, 3.8) is 0 Å². The van der Waals surface area contributed by atoms with Crippen LogP contribution in [0.4, 0.5) is 10.5 Å². The van der Waals surface area contributed by atoms with Crippen molar-refractivity contribution in [3.8, 4) is 0 Å². The summed E-state index contributed by atoms with van der Waals surface area (Å²) in [7, 11) is 0. The summed E-state index contributed by atoms with van der Waals surface area (Å²) in [5.41, 5.74) is 0.418. The summed E-state index contributed by atoms with van der Waals surface area (Å²) in [5.74, 6) is 0. The van der Waals surface area contributed by atoms with Crippen LogP contribution >= 0.6 is 0 Å². The Morgan fingerprint density at radius 3 is 1.93 bits per heavy atom. The lowest BCUT2D eigenvalue weighted by atomic mass is 9.97. The van der Waals surface area contributed by atoms with Gasteiger partial charge >= 0.3 is 6.09 Å². The Balaban J connectivity index is 3.08. The normalized spacial score (nSPS) is 12.9. The van der Waals surface area contributed by atoms with Crippen LogP contribution in [0.25, 0.3) is 0 Å². The summed E-state index contributed by atoms with van der Waals surface area (Å²) >= 11 is 0. The fourth-order valence-electron chi connectivity index (χ4n) is 4.01. The number of benzene rings is 1. The van der Waals surface area contributed by atoms with E-state index in [-0.39, 0.29) is 30.5 Å². The van der Waals surface area contributed by atoms with Crippen molar-refractivity contribution in [2.45, 2.75) is 111 Å². The Labute approximate surface area is 182 Å². The number of carbonyl (C=O) groups excluding carboxylic acids is 1. The first-order valence-electron chi connectivity index (χ1n) is 11.7. The molecule has 0 fully saturated rings. The predicted molar refractivity (Wildman–Crippen MR) is 122 cm³/mol. The van der Waals surface area contributed by atoms with Gasteiger partial charge in [-0.05, 0) is 31.7 Å². The molecule has 2 unspecified atom stereocenters. The number of nitrogens with zero attached hydrogens (tertiary/aromatic N) is 2. The van der Waals surface area contributed by atoms with E-state index in [1.807, 2.05) is 4.90 Å². The molecule has 0 N–H and O–H groups in total. The number of rotatable bonds is 15. The minimum Gasteiger partial charge on any atom is -0.444 e. The molecule has 1 rings (SSSR count). The molecule has 1 amide bonds. The van der Waals surface area contributed by atoms with Gasteiger partial charge in [-0.2, -0.15) is 0 Å². The monoisotopic (exact) mass is 420 g/mol. The number of nitro benzene ring substituents is 1. The molecule has 0 radical (unpaired) electrons. The first kappa shape index (κ1) is 25.9. The zero-order chi connectivity index (χ0) is 22.4. The van der Waals surface area contributed by atoms with E-state index < -0.39 is 4.92 Å². The van der Waals surface area contributed by atoms with Crippen LogP contribution in [0.2, 0.25) is 0 Å². The standard InChI is InChI=1S/C24H40N2O4/c1-5-9-16-21(13-7-3)25(22(14-8-4)17-10-6-2)24(27)30-19-20-15-11-12-18-23(20)26(28)29/h11-12,15,18,21-22H,5-10,13-14,16-17,19H2,1-4H3. The summed E-state index contributed by atoms with van der Waals surface area (Å²) in [4.78, 5) is 26.1. The predicted octanol–water partition coefficient (Wildman–Crippen LogP) is 7.25. The highest BCUT2D eigenvalue weighted by Crippen LogP contribution is 2.26. The molecule has 1 aromatic carbocycles. The first-order valence-corrected chi connectivity index (χ1v) is 11.7. The smallest absolute Gasteiger partial charge is 0.410 e. The van der Waals surface area contributed by atoms with E-state index in [1.54, 1.807) is 18.2 Å². The Hall–Kier alpha value is -2.11. The van der Waals surface area contributed by atoms with Crippen LogP contribution in [0.15, 0.2) is 24.3 Å². The Kier molecular flexibility index (Phi) is 12.8. The molecule has 0 heterocycles. The fraction of sp³-hybridized carbons (Fsp3) is 0.708. The second-order valence-electron chi connectivity index (χ2n) is 8.02. The number of amides is 1. The molecule has 2 atom stereocenters. The largest absolute Gasteiger partial charge is 0.444 e. The van der Waals surface area contributed by atoms with Gasteiger partial charge in [-0.3, -0.25) is 10.1 Å². The average molecular weight is 421 g/mol. The Bertz CT molecular complexity index is 617. The van der Waals surface area contributed by atoms with Gasteiger partial charge in [0.25, 0.3) is 5.69 Å². The lowest BCUT2D eigenvalue weighted by Gasteiger charge is -2.38. The van der Waals surface area contributed by atoms with Crippen molar-refractivity contribution >= 4 is 11.8 Å². The third-order valence-corrected chi connectivity index (χ3v) is 5.56. The summed E-state index contributed by atoms with van der Waals surface area (Å²) in [6, 6.07) is 6.76. The van der Waals surface area contributed by atoms with Crippen molar-refractivity contribution in [1.29, 1.82) is 0 Å². The maximum Gasteiger partial charge on any atom is 0.410 e. The van der Waals surface area contributed by atoms with E-state index in [9.17, 15) is 14.9 Å². The van der Waals surface area contributed by atoms with Gasteiger partial charge in [-0.1, -0.05) is 78.4 Å². The molecule has 1 aromatic rings. The van der Waals surface area contributed by atoms with Crippen molar-refractivity contribution in [3.05, 3.63) is 39.9 Å². The number of hydrogen-bond donors (Lipinski definition) is 0. The molecular weight excluding hydrogens is 380 g/mol. The maximum absolute atomic E-state index is 13.3. The van der Waals surface area contributed by atoms with Crippen molar-refractivity contribution in [2.24, 2.45) is 0 Å². The summed E-state index contributed by atoms with van der Waals surface area (Å²) in [5, 5.41) is 11.3. The van der Waals surface area contributed by atoms with Gasteiger partial charge in [0.15, 0.2) is 0 Å². The minimum atomic E-state index is -0.427. The van der Waals surface area contributed by atoms with Crippen LogP contribution in [-0.4, -0.2) is 28.0 Å². The lowest BCUT2D eigenvalue weighted by molar-refractivity contribution is -0.385. The van der Waals surface area contributed by atoms with Crippen LogP contribution in [0.5, 0.6) is 0 Å².